The van der Waals surface area contributed by atoms with Gasteiger partial charge in [0.15, 0.2) is 0 Å². The lowest BCUT2D eigenvalue weighted by Crippen LogP contribution is -2.30. The van der Waals surface area contributed by atoms with E-state index in [1.54, 1.807) is 0 Å². The van der Waals surface area contributed by atoms with E-state index in [9.17, 15) is 0 Å². The van der Waals surface area contributed by atoms with Gasteiger partial charge in [0.2, 0.25) is 0 Å². The van der Waals surface area contributed by atoms with Gasteiger partial charge >= 0.3 is 0 Å². The fraction of sp³-hybridized carbons (Fsp3) is 1.00. The lowest BCUT2D eigenvalue weighted by molar-refractivity contribution is 0.564. The van der Waals surface area contributed by atoms with Crippen LogP contribution in [0.1, 0.15) is 26.2 Å². The number of nitrogens with two attached hydrogens (primary N) is 1. The molecule has 60 valence electrons. The monoisotopic (exact) mass is 159 g/mol. The summed E-state index contributed by atoms with van der Waals surface area (Å²) in [5, 5.41) is 0. The zero-order chi connectivity index (χ0) is 7.61. The summed E-state index contributed by atoms with van der Waals surface area (Å²) in [6, 6.07) is 0. The van der Waals surface area contributed by atoms with E-state index in [4.69, 9.17) is 5.73 Å². The third-order valence-corrected chi connectivity index (χ3v) is 4.02. The molecule has 1 nitrogen and oxygen atoms in total. The van der Waals surface area contributed by atoms with Crippen molar-refractivity contribution in [3.63, 3.8) is 0 Å². The molecule has 1 rings (SSSR count). The summed E-state index contributed by atoms with van der Waals surface area (Å²) in [6.07, 6.45) is 6.21. The SMILES string of the molecule is CS[C@]1(CN)CCC(C)C1. The average Bonchev–Trinajstić information content (AvgIpc) is 2.33. The van der Waals surface area contributed by atoms with Gasteiger partial charge in [0.25, 0.3) is 0 Å². The van der Waals surface area contributed by atoms with Crippen LogP contribution in [0.2, 0.25) is 0 Å². The smallest absolute Gasteiger partial charge is 0.0282 e. The highest BCUT2D eigenvalue weighted by Gasteiger charge is 2.35. The molecule has 0 aliphatic heterocycles. The van der Waals surface area contributed by atoms with Crippen molar-refractivity contribution in [2.24, 2.45) is 11.7 Å². The van der Waals surface area contributed by atoms with Crippen LogP contribution in [0.4, 0.5) is 0 Å². The van der Waals surface area contributed by atoms with Gasteiger partial charge in [-0.05, 0) is 31.4 Å². The predicted molar refractivity (Wildman–Crippen MR) is 48.3 cm³/mol. The molecule has 0 aromatic heterocycles. The second kappa shape index (κ2) is 3.14. The first kappa shape index (κ1) is 8.41. The lowest BCUT2D eigenvalue weighted by atomic mass is 10.1. The fourth-order valence-corrected chi connectivity index (χ4v) is 2.74. The summed E-state index contributed by atoms with van der Waals surface area (Å²) >= 11 is 1.96. The lowest BCUT2D eigenvalue weighted by Gasteiger charge is -2.24. The van der Waals surface area contributed by atoms with Crippen LogP contribution in [-0.4, -0.2) is 17.5 Å². The number of rotatable bonds is 2. The van der Waals surface area contributed by atoms with E-state index >= 15 is 0 Å². The third kappa shape index (κ3) is 1.48. The highest BCUT2D eigenvalue weighted by atomic mass is 32.2. The van der Waals surface area contributed by atoms with Crippen LogP contribution in [0, 0.1) is 5.92 Å². The number of hydrogen-bond acceptors (Lipinski definition) is 2. The Morgan fingerprint density at radius 2 is 2.40 bits per heavy atom. The van der Waals surface area contributed by atoms with Gasteiger partial charge in [-0.3, -0.25) is 0 Å². The summed E-state index contributed by atoms with van der Waals surface area (Å²) in [4.78, 5) is 0. The Labute approximate surface area is 67.8 Å². The third-order valence-electron chi connectivity index (χ3n) is 2.62. The molecule has 10 heavy (non-hydrogen) atoms. The Balaban J connectivity index is 2.51. The van der Waals surface area contributed by atoms with Crippen molar-refractivity contribution in [1.82, 2.24) is 0 Å². The normalized spacial score (nSPS) is 40.5. The molecule has 0 bridgehead atoms. The molecule has 2 atom stereocenters. The van der Waals surface area contributed by atoms with Gasteiger partial charge in [-0.1, -0.05) is 6.92 Å². The second-order valence-corrected chi connectivity index (χ2v) is 4.71. The van der Waals surface area contributed by atoms with Crippen LogP contribution in [-0.2, 0) is 0 Å². The van der Waals surface area contributed by atoms with E-state index < -0.39 is 0 Å². The van der Waals surface area contributed by atoms with Crippen molar-refractivity contribution < 1.29 is 0 Å². The first-order valence-corrected chi connectivity index (χ1v) is 5.20. The molecule has 1 saturated carbocycles. The summed E-state index contributed by atoms with van der Waals surface area (Å²) in [5.41, 5.74) is 5.72. The van der Waals surface area contributed by atoms with Gasteiger partial charge in [0, 0.05) is 11.3 Å². The predicted octanol–water partition coefficient (Wildman–Crippen LogP) is 1.87. The van der Waals surface area contributed by atoms with Crippen molar-refractivity contribution >= 4 is 11.8 Å². The standard InChI is InChI=1S/C8H17NS/c1-7-3-4-8(5-7,6-9)10-2/h7H,3-6,9H2,1-2H3/t7?,8-/m1/s1. The van der Waals surface area contributed by atoms with Crippen molar-refractivity contribution in [3.8, 4) is 0 Å². The first-order chi connectivity index (χ1) is 4.72. The van der Waals surface area contributed by atoms with E-state index in [2.05, 4.69) is 13.2 Å². The summed E-state index contributed by atoms with van der Waals surface area (Å²) in [5.74, 6) is 0.899. The molecule has 1 fully saturated rings. The molecule has 0 saturated heterocycles. The van der Waals surface area contributed by atoms with E-state index in [0.717, 1.165) is 12.5 Å². The molecule has 0 radical (unpaired) electrons. The quantitative estimate of drug-likeness (QED) is 0.665. The number of thioether (sulfide) groups is 1. The van der Waals surface area contributed by atoms with Gasteiger partial charge in [0.1, 0.15) is 0 Å². The Morgan fingerprint density at radius 3 is 2.60 bits per heavy atom. The van der Waals surface area contributed by atoms with Gasteiger partial charge in [-0.25, -0.2) is 0 Å². The van der Waals surface area contributed by atoms with E-state index in [1.807, 2.05) is 11.8 Å². The molecular weight excluding hydrogens is 142 g/mol. The summed E-state index contributed by atoms with van der Waals surface area (Å²) in [7, 11) is 0. The topological polar surface area (TPSA) is 26.0 Å². The second-order valence-electron chi connectivity index (χ2n) is 3.44. The average molecular weight is 159 g/mol. The minimum Gasteiger partial charge on any atom is -0.329 e. The maximum absolute atomic E-state index is 5.72. The van der Waals surface area contributed by atoms with Crippen molar-refractivity contribution in [1.29, 1.82) is 0 Å². The molecule has 0 amide bonds. The zero-order valence-electron chi connectivity index (χ0n) is 6.89. The minimum absolute atomic E-state index is 0.444. The zero-order valence-corrected chi connectivity index (χ0v) is 7.71. The molecule has 0 spiro atoms. The highest BCUT2D eigenvalue weighted by molar-refractivity contribution is 8.00. The molecule has 2 N–H and O–H groups in total. The molecule has 1 unspecified atom stereocenters. The Hall–Kier alpha value is 0.310. The molecule has 0 aromatic rings. The summed E-state index contributed by atoms with van der Waals surface area (Å²) < 4.78 is 0.444. The first-order valence-electron chi connectivity index (χ1n) is 3.98. The molecule has 2 heteroatoms. The highest BCUT2D eigenvalue weighted by Crippen LogP contribution is 2.42. The van der Waals surface area contributed by atoms with Gasteiger partial charge < -0.3 is 5.73 Å². The van der Waals surface area contributed by atoms with E-state index in [0.29, 0.717) is 4.75 Å². The minimum atomic E-state index is 0.444. The Kier molecular flexibility index (Phi) is 2.64. The molecule has 0 heterocycles. The van der Waals surface area contributed by atoms with Gasteiger partial charge in [-0.2, -0.15) is 11.8 Å². The molecule has 1 aliphatic carbocycles. The maximum Gasteiger partial charge on any atom is 0.0282 e. The van der Waals surface area contributed by atoms with Crippen LogP contribution in [0.15, 0.2) is 0 Å². The van der Waals surface area contributed by atoms with Crippen LogP contribution < -0.4 is 5.73 Å². The van der Waals surface area contributed by atoms with E-state index in [1.165, 1.54) is 19.3 Å². The van der Waals surface area contributed by atoms with Crippen LogP contribution in [0.25, 0.3) is 0 Å². The molecular formula is C8H17NS. The van der Waals surface area contributed by atoms with Crippen LogP contribution in [0.3, 0.4) is 0 Å². The van der Waals surface area contributed by atoms with Gasteiger partial charge in [0.05, 0.1) is 0 Å². The number of hydrogen-bond donors (Lipinski definition) is 1. The van der Waals surface area contributed by atoms with Crippen molar-refractivity contribution in [2.45, 2.75) is 30.9 Å². The maximum atomic E-state index is 5.72. The van der Waals surface area contributed by atoms with Crippen LogP contribution >= 0.6 is 11.8 Å². The largest absolute Gasteiger partial charge is 0.329 e. The van der Waals surface area contributed by atoms with Gasteiger partial charge in [-0.15, -0.1) is 0 Å². The van der Waals surface area contributed by atoms with E-state index in [-0.39, 0.29) is 0 Å². The molecule has 1 aliphatic rings. The van der Waals surface area contributed by atoms with Crippen molar-refractivity contribution in [3.05, 3.63) is 0 Å². The Morgan fingerprint density at radius 1 is 1.70 bits per heavy atom. The summed E-state index contributed by atoms with van der Waals surface area (Å²) in [6.45, 7) is 3.19. The molecule has 0 aromatic carbocycles. The fourth-order valence-electron chi connectivity index (χ4n) is 1.80. The Bertz CT molecular complexity index is 110. The van der Waals surface area contributed by atoms with Crippen molar-refractivity contribution in [2.75, 3.05) is 12.8 Å². The van der Waals surface area contributed by atoms with Crippen LogP contribution in [0.5, 0.6) is 0 Å².